The van der Waals surface area contributed by atoms with E-state index in [-0.39, 0.29) is 24.4 Å². The Morgan fingerprint density at radius 2 is 2.04 bits per heavy atom. The third-order valence-electron chi connectivity index (χ3n) is 3.77. The van der Waals surface area contributed by atoms with Gasteiger partial charge in [-0.05, 0) is 23.4 Å². The normalized spacial score (nSPS) is 18.1. The van der Waals surface area contributed by atoms with Gasteiger partial charge >= 0.3 is 0 Å². The van der Waals surface area contributed by atoms with Crippen LogP contribution in [0.25, 0.3) is 0 Å². The second-order valence-electron chi connectivity index (χ2n) is 5.59. The largest absolute Gasteiger partial charge is 0.340 e. The highest BCUT2D eigenvalue weighted by atomic mass is 32.1. The number of nitrogens with one attached hydrogen (secondary N) is 4. The quantitative estimate of drug-likeness (QED) is 0.632. The van der Waals surface area contributed by atoms with Crippen molar-refractivity contribution in [3.05, 3.63) is 58.3 Å². The van der Waals surface area contributed by atoms with Gasteiger partial charge in [0.05, 0.1) is 12.6 Å². The highest BCUT2D eigenvalue weighted by Crippen LogP contribution is 2.15. The molecule has 2 heterocycles. The molecule has 7 heteroatoms. The van der Waals surface area contributed by atoms with Crippen LogP contribution in [0.5, 0.6) is 0 Å². The van der Waals surface area contributed by atoms with E-state index in [4.69, 9.17) is 0 Å². The average molecular weight is 344 g/mol. The Morgan fingerprint density at radius 3 is 2.71 bits per heavy atom. The molecule has 2 atom stereocenters. The van der Waals surface area contributed by atoms with Crippen molar-refractivity contribution < 1.29 is 9.59 Å². The van der Waals surface area contributed by atoms with Gasteiger partial charge in [-0.25, -0.2) is 5.43 Å². The summed E-state index contributed by atoms with van der Waals surface area (Å²) in [6, 6.07) is 12.4. The van der Waals surface area contributed by atoms with Crippen LogP contribution < -0.4 is 21.5 Å². The summed E-state index contributed by atoms with van der Waals surface area (Å²) in [5, 5.41) is 7.70. The second kappa shape index (κ2) is 8.05. The number of thiophene rings is 1. The first-order valence-electron chi connectivity index (χ1n) is 7.88. The minimum absolute atomic E-state index is 0.127. The van der Waals surface area contributed by atoms with Crippen molar-refractivity contribution >= 4 is 23.2 Å². The van der Waals surface area contributed by atoms with Gasteiger partial charge in [0.2, 0.25) is 11.8 Å². The molecule has 2 aromatic rings. The molecule has 2 amide bonds. The fraction of sp³-hybridized carbons (Fsp3) is 0.294. The Balaban J connectivity index is 1.69. The van der Waals surface area contributed by atoms with E-state index in [0.29, 0.717) is 0 Å². The minimum Gasteiger partial charge on any atom is -0.340 e. The fourth-order valence-electron chi connectivity index (χ4n) is 2.58. The topological polar surface area (TPSA) is 82.3 Å². The summed E-state index contributed by atoms with van der Waals surface area (Å²) in [5.41, 5.74) is 6.73. The van der Waals surface area contributed by atoms with Gasteiger partial charge < -0.3 is 10.6 Å². The minimum atomic E-state index is -0.707. The average Bonchev–Trinajstić information content (AvgIpc) is 3.27. The van der Waals surface area contributed by atoms with Crippen molar-refractivity contribution in [2.75, 3.05) is 6.54 Å². The highest BCUT2D eigenvalue weighted by Gasteiger charge is 2.26. The number of hydrogen-bond donors (Lipinski definition) is 4. The molecule has 0 saturated carbocycles. The summed E-state index contributed by atoms with van der Waals surface area (Å²) in [7, 11) is 0. The van der Waals surface area contributed by atoms with Gasteiger partial charge in [0, 0.05) is 11.4 Å². The standard InChI is InChI=1S/C17H20N4O2S/c22-15(11-13-7-4-10-24-13)20-16(12-5-2-1-3-6-12)17(23)19-14-8-9-18-21-14/h1-7,10,14,16,18,21H,8-9,11H2,(H,19,23)(H,20,22). The van der Waals surface area contributed by atoms with E-state index >= 15 is 0 Å². The van der Waals surface area contributed by atoms with E-state index in [0.717, 1.165) is 23.4 Å². The maximum Gasteiger partial charge on any atom is 0.248 e. The number of carbonyl (C=O) groups excluding carboxylic acids is 2. The van der Waals surface area contributed by atoms with Gasteiger partial charge in [0.15, 0.2) is 0 Å². The zero-order chi connectivity index (χ0) is 16.8. The smallest absolute Gasteiger partial charge is 0.248 e. The van der Waals surface area contributed by atoms with Gasteiger partial charge in [-0.3, -0.25) is 15.0 Å². The Hall–Kier alpha value is -2.22. The monoisotopic (exact) mass is 344 g/mol. The summed E-state index contributed by atoms with van der Waals surface area (Å²) >= 11 is 1.53. The number of hydrogen-bond acceptors (Lipinski definition) is 5. The molecule has 3 rings (SSSR count). The van der Waals surface area contributed by atoms with Gasteiger partial charge in [-0.1, -0.05) is 36.4 Å². The molecule has 4 N–H and O–H groups in total. The van der Waals surface area contributed by atoms with E-state index in [1.165, 1.54) is 11.3 Å². The van der Waals surface area contributed by atoms with Crippen molar-refractivity contribution in [1.29, 1.82) is 0 Å². The van der Waals surface area contributed by atoms with E-state index in [1.807, 2.05) is 47.8 Å². The maximum atomic E-state index is 12.6. The molecule has 0 spiro atoms. The lowest BCUT2D eigenvalue weighted by atomic mass is 10.1. The van der Waals surface area contributed by atoms with Crippen LogP contribution in [0, 0.1) is 0 Å². The van der Waals surface area contributed by atoms with Crippen LogP contribution in [0.1, 0.15) is 22.9 Å². The van der Waals surface area contributed by atoms with Crippen molar-refractivity contribution in [1.82, 2.24) is 21.5 Å². The highest BCUT2D eigenvalue weighted by molar-refractivity contribution is 7.10. The van der Waals surface area contributed by atoms with E-state index < -0.39 is 6.04 Å². The van der Waals surface area contributed by atoms with Crippen LogP contribution in [0.15, 0.2) is 47.8 Å². The number of benzene rings is 1. The lowest BCUT2D eigenvalue weighted by molar-refractivity contribution is -0.129. The Labute approximate surface area is 144 Å². The van der Waals surface area contributed by atoms with Crippen LogP contribution in [0.2, 0.25) is 0 Å². The predicted molar refractivity (Wildman–Crippen MR) is 93.0 cm³/mol. The van der Waals surface area contributed by atoms with Crippen LogP contribution >= 0.6 is 11.3 Å². The van der Waals surface area contributed by atoms with E-state index in [2.05, 4.69) is 21.5 Å². The lowest BCUT2D eigenvalue weighted by Crippen LogP contribution is -2.49. The first-order valence-corrected chi connectivity index (χ1v) is 8.76. The SMILES string of the molecule is O=C(Cc1cccs1)NC(C(=O)NC1CCNN1)c1ccccc1. The molecule has 1 aliphatic heterocycles. The third-order valence-corrected chi connectivity index (χ3v) is 4.64. The van der Waals surface area contributed by atoms with E-state index in [1.54, 1.807) is 0 Å². The number of hydrazine groups is 1. The Bertz CT molecular complexity index is 669. The molecule has 0 bridgehead atoms. The van der Waals surface area contributed by atoms with Crippen LogP contribution in [0.3, 0.4) is 0 Å². The molecule has 2 unspecified atom stereocenters. The molecule has 0 radical (unpaired) electrons. The molecule has 0 aliphatic carbocycles. The molecule has 1 aromatic heterocycles. The first kappa shape index (κ1) is 16.6. The maximum absolute atomic E-state index is 12.6. The second-order valence-corrected chi connectivity index (χ2v) is 6.62. The van der Waals surface area contributed by atoms with Crippen LogP contribution in [-0.2, 0) is 16.0 Å². The van der Waals surface area contributed by atoms with Gasteiger partial charge in [0.1, 0.15) is 6.04 Å². The Morgan fingerprint density at radius 1 is 1.21 bits per heavy atom. The molecule has 6 nitrogen and oxygen atoms in total. The number of rotatable bonds is 6. The van der Waals surface area contributed by atoms with Crippen molar-refractivity contribution in [2.45, 2.75) is 25.0 Å². The zero-order valence-corrected chi connectivity index (χ0v) is 13.9. The predicted octanol–water partition coefficient (Wildman–Crippen LogP) is 1.09. The molecule has 1 saturated heterocycles. The fourth-order valence-corrected chi connectivity index (χ4v) is 3.28. The lowest BCUT2D eigenvalue weighted by Gasteiger charge is -2.21. The van der Waals surface area contributed by atoms with E-state index in [9.17, 15) is 9.59 Å². The van der Waals surface area contributed by atoms with Crippen molar-refractivity contribution in [3.8, 4) is 0 Å². The summed E-state index contributed by atoms with van der Waals surface area (Å²) in [6.45, 7) is 0.797. The molecule has 1 aliphatic rings. The molecule has 126 valence electrons. The summed E-state index contributed by atoms with van der Waals surface area (Å²) in [5.74, 6) is -0.388. The molecule has 24 heavy (non-hydrogen) atoms. The summed E-state index contributed by atoms with van der Waals surface area (Å²) < 4.78 is 0. The van der Waals surface area contributed by atoms with Gasteiger partial charge in [0.25, 0.3) is 0 Å². The Kier molecular flexibility index (Phi) is 5.58. The van der Waals surface area contributed by atoms with Gasteiger partial charge in [-0.15, -0.1) is 11.3 Å². The summed E-state index contributed by atoms with van der Waals surface area (Å²) in [6.07, 6.45) is 0.950. The molecular formula is C17H20N4O2S. The molecule has 1 fully saturated rings. The van der Waals surface area contributed by atoms with Crippen molar-refractivity contribution in [2.24, 2.45) is 0 Å². The zero-order valence-electron chi connectivity index (χ0n) is 13.1. The number of amides is 2. The van der Waals surface area contributed by atoms with Gasteiger partial charge in [-0.2, -0.15) is 0 Å². The summed E-state index contributed by atoms with van der Waals surface area (Å²) in [4.78, 5) is 25.9. The third kappa shape index (κ3) is 4.41. The molecule has 1 aromatic carbocycles. The van der Waals surface area contributed by atoms with Crippen LogP contribution in [-0.4, -0.2) is 24.5 Å². The van der Waals surface area contributed by atoms with Crippen molar-refractivity contribution in [3.63, 3.8) is 0 Å². The van der Waals surface area contributed by atoms with Crippen LogP contribution in [0.4, 0.5) is 0 Å². The first-order chi connectivity index (χ1) is 11.7. The molecular weight excluding hydrogens is 324 g/mol. The number of carbonyl (C=O) groups is 2.